The van der Waals surface area contributed by atoms with E-state index in [-0.39, 0.29) is 18.5 Å². The summed E-state index contributed by atoms with van der Waals surface area (Å²) < 4.78 is 5.69. The smallest absolute Gasteiger partial charge is 0.325 e. The predicted molar refractivity (Wildman–Crippen MR) is 124 cm³/mol. The highest BCUT2D eigenvalue weighted by Crippen LogP contribution is 2.42. The third-order valence-corrected chi connectivity index (χ3v) is 8.57. The first kappa shape index (κ1) is 20.4. The van der Waals surface area contributed by atoms with Crippen LogP contribution in [-0.4, -0.2) is 47.3 Å². The van der Waals surface area contributed by atoms with Gasteiger partial charge in [0.2, 0.25) is 5.91 Å². The number of para-hydroxylation sites is 1. The normalized spacial score (nSPS) is 23.8. The number of imide groups is 1. The number of hydrogen-bond donors (Lipinski definition) is 1. The number of nitrogens with zero attached hydrogens (tertiary/aromatic N) is 2. The molecule has 1 fully saturated rings. The molecule has 1 spiro atoms. The topological polar surface area (TPSA) is 79.0 Å². The fourth-order valence-electron chi connectivity index (χ4n) is 5.08. The molecule has 0 bridgehead atoms. The lowest BCUT2D eigenvalue weighted by molar-refractivity contribution is -0.140. The minimum Gasteiger partial charge on any atom is -0.493 e. The molecule has 2 atom stereocenters. The molecule has 4 amide bonds. The van der Waals surface area contributed by atoms with Gasteiger partial charge in [0.05, 0.1) is 12.6 Å². The second kappa shape index (κ2) is 7.71. The molecule has 2 aromatic heterocycles. The summed E-state index contributed by atoms with van der Waals surface area (Å²) in [6.45, 7) is 0.593. The molecular weight excluding hydrogens is 458 g/mol. The van der Waals surface area contributed by atoms with Crippen LogP contribution < -0.4 is 10.1 Å². The largest absolute Gasteiger partial charge is 0.493 e. The summed E-state index contributed by atoms with van der Waals surface area (Å²) in [5.74, 6) is -0.0343. The number of amides is 4. The summed E-state index contributed by atoms with van der Waals surface area (Å²) in [5, 5.41) is 6.94. The molecule has 33 heavy (non-hydrogen) atoms. The van der Waals surface area contributed by atoms with Crippen molar-refractivity contribution in [3.63, 3.8) is 0 Å². The maximum Gasteiger partial charge on any atom is 0.325 e. The molecule has 3 aliphatic rings. The Morgan fingerprint density at radius 2 is 2.00 bits per heavy atom. The predicted octanol–water partition coefficient (Wildman–Crippen LogP) is 3.51. The lowest BCUT2D eigenvalue weighted by Gasteiger charge is -2.36. The number of thiophene rings is 2. The fraction of sp³-hybridized carbons (Fsp3) is 0.292. The quantitative estimate of drug-likeness (QED) is 0.583. The van der Waals surface area contributed by atoms with Crippen LogP contribution in [0.2, 0.25) is 0 Å². The highest BCUT2D eigenvalue weighted by Gasteiger charge is 2.55. The molecule has 3 aromatic rings. The Morgan fingerprint density at radius 3 is 2.85 bits per heavy atom. The minimum atomic E-state index is -1.18. The van der Waals surface area contributed by atoms with Gasteiger partial charge in [-0.3, -0.25) is 14.5 Å². The number of hydrogen-bond acceptors (Lipinski definition) is 6. The molecule has 168 valence electrons. The zero-order valence-corrected chi connectivity index (χ0v) is 19.3. The zero-order valence-electron chi connectivity index (χ0n) is 17.7. The number of ether oxygens (including phenoxy) is 1. The summed E-state index contributed by atoms with van der Waals surface area (Å²) in [6, 6.07) is 12.6. The number of carbonyl (C=O) groups is 3. The molecule has 3 aliphatic heterocycles. The molecule has 2 unspecified atom stereocenters. The van der Waals surface area contributed by atoms with Crippen LogP contribution in [0.25, 0.3) is 0 Å². The van der Waals surface area contributed by atoms with E-state index in [4.69, 9.17) is 4.74 Å². The summed E-state index contributed by atoms with van der Waals surface area (Å²) in [5.41, 5.74) is 0.595. The SMILES string of the molecule is O=C1NC2(CCOc3ccccc32)C(=O)N1CC(=O)N1CCc2sccc2C1c1cccs1. The van der Waals surface area contributed by atoms with Crippen LogP contribution in [0.4, 0.5) is 4.79 Å². The highest BCUT2D eigenvalue weighted by molar-refractivity contribution is 7.10. The van der Waals surface area contributed by atoms with E-state index in [1.165, 1.54) is 4.88 Å². The maximum atomic E-state index is 13.6. The van der Waals surface area contributed by atoms with Crippen molar-refractivity contribution in [2.24, 2.45) is 0 Å². The molecule has 7 nitrogen and oxygen atoms in total. The van der Waals surface area contributed by atoms with E-state index < -0.39 is 17.5 Å². The second-order valence-corrected chi connectivity index (χ2v) is 10.4. The van der Waals surface area contributed by atoms with E-state index in [1.807, 2.05) is 34.5 Å². The monoisotopic (exact) mass is 479 g/mol. The molecule has 0 aliphatic carbocycles. The van der Waals surface area contributed by atoms with Gasteiger partial charge in [0.1, 0.15) is 12.3 Å². The molecule has 9 heteroatoms. The van der Waals surface area contributed by atoms with Gasteiger partial charge in [0, 0.05) is 28.3 Å². The van der Waals surface area contributed by atoms with Crippen molar-refractivity contribution in [1.29, 1.82) is 0 Å². The van der Waals surface area contributed by atoms with Gasteiger partial charge in [-0.2, -0.15) is 0 Å². The van der Waals surface area contributed by atoms with E-state index in [2.05, 4.69) is 16.8 Å². The molecule has 1 N–H and O–H groups in total. The standard InChI is InChI=1S/C24H21N3O4S2/c28-20(26-10-7-18-15(8-13-33-18)21(26)19-6-3-12-32-19)14-27-22(29)24(25-23(27)30)9-11-31-17-5-2-1-4-16(17)24/h1-6,8,12-13,21H,7,9-11,14H2,(H,25,30). The Bertz CT molecular complexity index is 1250. The van der Waals surface area contributed by atoms with Crippen LogP contribution in [0.15, 0.2) is 53.2 Å². The average molecular weight is 480 g/mol. The van der Waals surface area contributed by atoms with Gasteiger partial charge in [-0.15, -0.1) is 22.7 Å². The van der Waals surface area contributed by atoms with Crippen LogP contribution in [0, 0.1) is 0 Å². The van der Waals surface area contributed by atoms with Gasteiger partial charge >= 0.3 is 6.03 Å². The minimum absolute atomic E-state index is 0.189. The highest BCUT2D eigenvalue weighted by atomic mass is 32.1. The van der Waals surface area contributed by atoms with Crippen molar-refractivity contribution < 1.29 is 19.1 Å². The van der Waals surface area contributed by atoms with E-state index in [1.54, 1.807) is 34.8 Å². The summed E-state index contributed by atoms with van der Waals surface area (Å²) >= 11 is 3.32. The molecule has 0 radical (unpaired) electrons. The van der Waals surface area contributed by atoms with Crippen molar-refractivity contribution in [3.8, 4) is 5.75 Å². The lowest BCUT2D eigenvalue weighted by Crippen LogP contribution is -2.49. The van der Waals surface area contributed by atoms with Crippen LogP contribution >= 0.6 is 22.7 Å². The first-order chi connectivity index (χ1) is 16.1. The molecular formula is C24H21N3O4S2. The maximum absolute atomic E-state index is 13.6. The van der Waals surface area contributed by atoms with E-state index in [0.29, 0.717) is 30.9 Å². The van der Waals surface area contributed by atoms with Gasteiger partial charge in [-0.1, -0.05) is 24.3 Å². The Morgan fingerprint density at radius 1 is 1.12 bits per heavy atom. The third kappa shape index (κ3) is 3.10. The van der Waals surface area contributed by atoms with Gasteiger partial charge in [-0.25, -0.2) is 4.79 Å². The van der Waals surface area contributed by atoms with Crippen LogP contribution in [0.1, 0.15) is 33.3 Å². The van der Waals surface area contributed by atoms with Crippen LogP contribution in [0.3, 0.4) is 0 Å². The van der Waals surface area contributed by atoms with Crippen molar-refractivity contribution in [1.82, 2.24) is 15.1 Å². The van der Waals surface area contributed by atoms with Crippen molar-refractivity contribution in [3.05, 3.63) is 74.1 Å². The van der Waals surface area contributed by atoms with Crippen LogP contribution in [-0.2, 0) is 21.5 Å². The van der Waals surface area contributed by atoms with Gasteiger partial charge in [0.15, 0.2) is 5.54 Å². The number of benzene rings is 1. The molecule has 6 rings (SSSR count). The molecule has 0 saturated carbocycles. The first-order valence-electron chi connectivity index (χ1n) is 10.8. The number of rotatable bonds is 3. The number of carbonyl (C=O) groups excluding carboxylic acids is 3. The summed E-state index contributed by atoms with van der Waals surface area (Å²) in [4.78, 5) is 45.3. The summed E-state index contributed by atoms with van der Waals surface area (Å²) in [7, 11) is 0. The Labute approximate surface area is 198 Å². The van der Waals surface area contributed by atoms with Crippen molar-refractivity contribution >= 4 is 40.5 Å². The van der Waals surface area contributed by atoms with E-state index in [0.717, 1.165) is 21.8 Å². The summed E-state index contributed by atoms with van der Waals surface area (Å²) in [6.07, 6.45) is 1.11. The molecule has 1 aromatic carbocycles. The van der Waals surface area contributed by atoms with Gasteiger partial charge in [-0.05, 0) is 40.9 Å². The first-order valence-corrected chi connectivity index (χ1v) is 12.6. The lowest BCUT2D eigenvalue weighted by atomic mass is 9.84. The average Bonchev–Trinajstić information content (AvgIpc) is 3.57. The van der Waals surface area contributed by atoms with E-state index >= 15 is 0 Å². The zero-order chi connectivity index (χ0) is 22.6. The number of nitrogens with one attached hydrogen (secondary N) is 1. The third-order valence-electron chi connectivity index (χ3n) is 6.65. The second-order valence-electron chi connectivity index (χ2n) is 8.38. The number of fused-ring (bicyclic) bond motifs is 3. The Balaban J connectivity index is 1.29. The van der Waals surface area contributed by atoms with E-state index in [9.17, 15) is 14.4 Å². The van der Waals surface area contributed by atoms with Crippen molar-refractivity contribution in [2.45, 2.75) is 24.4 Å². The number of urea groups is 1. The fourth-order valence-corrected chi connectivity index (χ4v) is 6.84. The molecule has 5 heterocycles. The molecule has 1 saturated heterocycles. The van der Waals surface area contributed by atoms with Gasteiger partial charge < -0.3 is 15.0 Å². The van der Waals surface area contributed by atoms with Crippen LogP contribution in [0.5, 0.6) is 5.75 Å². The Hall–Kier alpha value is -3.17. The van der Waals surface area contributed by atoms with Gasteiger partial charge in [0.25, 0.3) is 5.91 Å². The van der Waals surface area contributed by atoms with Crippen molar-refractivity contribution in [2.75, 3.05) is 19.7 Å². The Kier molecular flexibility index (Phi) is 4.77.